The maximum Gasteiger partial charge on any atom is 0.129 e. The monoisotopic (exact) mass is 262 g/mol. The van der Waals surface area contributed by atoms with Crippen molar-refractivity contribution in [3.05, 3.63) is 48.0 Å². The van der Waals surface area contributed by atoms with Crippen molar-refractivity contribution in [3.8, 4) is 5.75 Å². The molecule has 0 radical (unpaired) electrons. The number of para-hydroxylation sites is 1. The van der Waals surface area contributed by atoms with Gasteiger partial charge >= 0.3 is 0 Å². The Morgan fingerprint density at radius 2 is 2.00 bits per heavy atom. The van der Waals surface area contributed by atoms with Gasteiger partial charge in [0.1, 0.15) is 16.6 Å². The summed E-state index contributed by atoms with van der Waals surface area (Å²) in [5.41, 5.74) is 0.794. The Morgan fingerprint density at radius 3 is 2.72 bits per heavy atom. The van der Waals surface area contributed by atoms with Gasteiger partial charge in [0.15, 0.2) is 0 Å². The molecule has 4 nitrogen and oxygen atoms in total. The number of hydrogen-bond donors (Lipinski definition) is 2. The van der Waals surface area contributed by atoms with E-state index in [9.17, 15) is 9.32 Å². The molecule has 2 N–H and O–H groups in total. The zero-order valence-electron chi connectivity index (χ0n) is 9.96. The number of pyridine rings is 1. The molecule has 0 amide bonds. The van der Waals surface area contributed by atoms with E-state index in [1.54, 1.807) is 36.6 Å². The Bertz CT molecular complexity index is 572. The lowest BCUT2D eigenvalue weighted by Gasteiger charge is -2.07. The summed E-state index contributed by atoms with van der Waals surface area (Å²) in [6.45, 7) is 0.472. The number of hydrogen-bond acceptors (Lipinski definition) is 4. The van der Waals surface area contributed by atoms with Gasteiger partial charge in [-0.3, -0.25) is 4.21 Å². The van der Waals surface area contributed by atoms with Crippen LogP contribution in [0.1, 0.15) is 5.56 Å². The molecule has 18 heavy (non-hydrogen) atoms. The van der Waals surface area contributed by atoms with Crippen LogP contribution in [-0.2, 0) is 17.3 Å². The Balaban J connectivity index is 2.09. The zero-order chi connectivity index (χ0) is 13.0. The summed E-state index contributed by atoms with van der Waals surface area (Å²) >= 11 is 0. The van der Waals surface area contributed by atoms with E-state index in [1.807, 2.05) is 12.1 Å². The molecule has 1 aromatic heterocycles. The third-order valence-corrected chi connectivity index (χ3v) is 3.29. The van der Waals surface area contributed by atoms with E-state index in [1.165, 1.54) is 0 Å². The largest absolute Gasteiger partial charge is 0.508 e. The molecule has 0 bridgehead atoms. The number of aromatic nitrogens is 1. The first kappa shape index (κ1) is 12.6. The summed E-state index contributed by atoms with van der Waals surface area (Å²) in [5, 5.41) is 13.3. The Hall–Kier alpha value is -1.88. The van der Waals surface area contributed by atoms with Gasteiger partial charge in [-0.2, -0.15) is 0 Å². The van der Waals surface area contributed by atoms with Crippen molar-refractivity contribution in [2.75, 3.05) is 11.6 Å². The lowest BCUT2D eigenvalue weighted by molar-refractivity contribution is 0.469. The van der Waals surface area contributed by atoms with Crippen LogP contribution in [0.2, 0.25) is 0 Å². The molecule has 0 aliphatic heterocycles. The first-order valence-electron chi connectivity index (χ1n) is 5.48. The van der Waals surface area contributed by atoms with Crippen LogP contribution < -0.4 is 5.32 Å². The highest BCUT2D eigenvalue weighted by Gasteiger charge is 2.02. The summed E-state index contributed by atoms with van der Waals surface area (Å²) in [6, 6.07) is 12.4. The lowest BCUT2D eigenvalue weighted by atomic mass is 10.2. The molecule has 0 fully saturated rings. The number of anilines is 1. The van der Waals surface area contributed by atoms with Crippen molar-refractivity contribution in [2.45, 2.75) is 11.6 Å². The highest BCUT2D eigenvalue weighted by atomic mass is 32.2. The number of nitrogens with one attached hydrogen (secondary N) is 1. The summed E-state index contributed by atoms with van der Waals surface area (Å²) in [6.07, 6.45) is 1.59. The second kappa shape index (κ2) is 5.64. The second-order valence-corrected chi connectivity index (χ2v) is 5.12. The first-order valence-corrected chi connectivity index (χ1v) is 7.04. The number of nitrogens with zero attached hydrogens (tertiary/aromatic N) is 1. The normalized spacial score (nSPS) is 12.1. The Labute approximate surface area is 108 Å². The minimum Gasteiger partial charge on any atom is -0.508 e. The molecule has 0 saturated carbocycles. The van der Waals surface area contributed by atoms with Crippen LogP contribution in [0.4, 0.5) is 5.82 Å². The van der Waals surface area contributed by atoms with Crippen molar-refractivity contribution in [1.29, 1.82) is 0 Å². The molecule has 1 unspecified atom stereocenters. The molecular formula is C13H14N2O2S. The number of benzene rings is 1. The smallest absolute Gasteiger partial charge is 0.129 e. The zero-order valence-corrected chi connectivity index (χ0v) is 10.8. The maximum absolute atomic E-state index is 11.3. The predicted octanol–water partition coefficient (Wildman–Crippen LogP) is 2.14. The van der Waals surface area contributed by atoms with Crippen LogP contribution in [0.5, 0.6) is 5.75 Å². The van der Waals surface area contributed by atoms with Crippen molar-refractivity contribution >= 4 is 16.6 Å². The van der Waals surface area contributed by atoms with Crippen molar-refractivity contribution in [1.82, 2.24) is 4.98 Å². The highest BCUT2D eigenvalue weighted by Crippen LogP contribution is 2.17. The van der Waals surface area contributed by atoms with E-state index in [2.05, 4.69) is 10.3 Å². The average Bonchev–Trinajstić information content (AvgIpc) is 2.38. The second-order valence-electron chi connectivity index (χ2n) is 3.80. The molecular weight excluding hydrogens is 248 g/mol. The van der Waals surface area contributed by atoms with Crippen LogP contribution in [0.15, 0.2) is 47.5 Å². The molecule has 1 aromatic carbocycles. The molecule has 0 aliphatic carbocycles. The highest BCUT2D eigenvalue weighted by molar-refractivity contribution is 7.84. The maximum atomic E-state index is 11.3. The van der Waals surface area contributed by atoms with Crippen molar-refractivity contribution in [3.63, 3.8) is 0 Å². The first-order chi connectivity index (χ1) is 8.66. The van der Waals surface area contributed by atoms with Gasteiger partial charge in [0.2, 0.25) is 0 Å². The van der Waals surface area contributed by atoms with Crippen LogP contribution in [0.3, 0.4) is 0 Å². The van der Waals surface area contributed by atoms with Crippen molar-refractivity contribution in [2.24, 2.45) is 0 Å². The van der Waals surface area contributed by atoms with Gasteiger partial charge < -0.3 is 10.4 Å². The van der Waals surface area contributed by atoms with E-state index < -0.39 is 10.8 Å². The SMILES string of the molecule is CS(=O)c1cccc(NCc2ccccc2O)n1. The number of phenolic OH excluding ortho intramolecular Hbond substituents is 1. The van der Waals surface area contributed by atoms with Gasteiger partial charge in [0, 0.05) is 18.4 Å². The lowest BCUT2D eigenvalue weighted by Crippen LogP contribution is -2.03. The summed E-state index contributed by atoms with van der Waals surface area (Å²) in [4.78, 5) is 4.22. The molecule has 0 saturated heterocycles. The molecule has 2 rings (SSSR count). The fraction of sp³-hybridized carbons (Fsp3) is 0.154. The van der Waals surface area contributed by atoms with Gasteiger partial charge in [-0.1, -0.05) is 24.3 Å². The van der Waals surface area contributed by atoms with Gasteiger partial charge in [-0.05, 0) is 18.2 Å². The standard InChI is InChI=1S/C13H14N2O2S/c1-18(17)13-8-4-7-12(15-13)14-9-10-5-2-3-6-11(10)16/h2-8,16H,9H2,1H3,(H,14,15). The quantitative estimate of drug-likeness (QED) is 0.886. The summed E-state index contributed by atoms with van der Waals surface area (Å²) < 4.78 is 11.3. The van der Waals surface area contributed by atoms with E-state index in [0.717, 1.165) is 5.56 Å². The van der Waals surface area contributed by atoms with Crippen LogP contribution in [-0.4, -0.2) is 20.6 Å². The Kier molecular flexibility index (Phi) is 3.94. The molecule has 1 heterocycles. The van der Waals surface area contributed by atoms with Crippen LogP contribution in [0.25, 0.3) is 0 Å². The fourth-order valence-corrected chi connectivity index (χ4v) is 2.02. The van der Waals surface area contributed by atoms with E-state index in [0.29, 0.717) is 17.4 Å². The van der Waals surface area contributed by atoms with E-state index >= 15 is 0 Å². The molecule has 2 aromatic rings. The van der Waals surface area contributed by atoms with Crippen LogP contribution >= 0.6 is 0 Å². The average molecular weight is 262 g/mol. The summed E-state index contributed by atoms with van der Waals surface area (Å²) in [5.74, 6) is 0.895. The molecule has 94 valence electrons. The van der Waals surface area contributed by atoms with Gasteiger partial charge in [-0.25, -0.2) is 4.98 Å². The fourth-order valence-electron chi connectivity index (χ4n) is 1.52. The molecule has 0 aliphatic rings. The number of rotatable bonds is 4. The third-order valence-electron chi connectivity index (χ3n) is 2.47. The van der Waals surface area contributed by atoms with Gasteiger partial charge in [-0.15, -0.1) is 0 Å². The van der Waals surface area contributed by atoms with E-state index in [-0.39, 0.29) is 5.75 Å². The molecule has 1 atom stereocenters. The van der Waals surface area contributed by atoms with E-state index in [4.69, 9.17) is 0 Å². The van der Waals surface area contributed by atoms with Gasteiger partial charge in [0.05, 0.1) is 10.8 Å². The number of phenols is 1. The van der Waals surface area contributed by atoms with Gasteiger partial charge in [0.25, 0.3) is 0 Å². The molecule has 5 heteroatoms. The predicted molar refractivity (Wildman–Crippen MR) is 72.0 cm³/mol. The summed E-state index contributed by atoms with van der Waals surface area (Å²) in [7, 11) is -1.09. The van der Waals surface area contributed by atoms with Crippen LogP contribution in [0, 0.1) is 0 Å². The molecule has 0 spiro atoms. The Morgan fingerprint density at radius 1 is 1.22 bits per heavy atom. The minimum absolute atomic E-state index is 0.250. The van der Waals surface area contributed by atoms with Crippen molar-refractivity contribution < 1.29 is 9.32 Å². The number of aromatic hydroxyl groups is 1. The minimum atomic E-state index is -1.09. The topological polar surface area (TPSA) is 62.2 Å². The third kappa shape index (κ3) is 3.07.